The van der Waals surface area contributed by atoms with Crippen molar-refractivity contribution in [2.75, 3.05) is 16.4 Å². The third-order valence-corrected chi connectivity index (χ3v) is 4.88. The van der Waals surface area contributed by atoms with Crippen molar-refractivity contribution in [1.82, 2.24) is 9.97 Å². The monoisotopic (exact) mass is 435 g/mol. The zero-order valence-corrected chi connectivity index (χ0v) is 16.8. The zero-order valence-electron chi connectivity index (χ0n) is 16.8. The van der Waals surface area contributed by atoms with E-state index in [0.717, 1.165) is 23.3 Å². The fourth-order valence-electron chi connectivity index (χ4n) is 3.31. The van der Waals surface area contributed by atoms with E-state index in [1.807, 2.05) is 60.7 Å². The average Bonchev–Trinajstić information content (AvgIpc) is 2.80. The number of rotatable bonds is 6. The Labute approximate surface area is 183 Å². The third-order valence-electron chi connectivity index (χ3n) is 4.88. The van der Waals surface area contributed by atoms with Gasteiger partial charge in [0.1, 0.15) is 12.0 Å². The minimum atomic E-state index is -4.44. The first-order valence-electron chi connectivity index (χ1n) is 9.83. The molecule has 0 aliphatic rings. The predicted molar refractivity (Wildman–Crippen MR) is 120 cm³/mol. The van der Waals surface area contributed by atoms with Crippen molar-refractivity contribution in [2.24, 2.45) is 0 Å². The number of nitrogens with one attached hydrogen (secondary N) is 2. The van der Waals surface area contributed by atoms with E-state index in [9.17, 15) is 13.2 Å². The van der Waals surface area contributed by atoms with E-state index < -0.39 is 11.7 Å². The van der Waals surface area contributed by atoms with E-state index in [2.05, 4.69) is 20.6 Å². The third kappa shape index (κ3) is 4.80. The Morgan fingerprint density at radius 3 is 1.94 bits per heavy atom. The van der Waals surface area contributed by atoms with E-state index in [0.29, 0.717) is 5.82 Å². The molecule has 1 heterocycles. The van der Waals surface area contributed by atoms with Gasteiger partial charge in [0.25, 0.3) is 0 Å². The van der Waals surface area contributed by atoms with Gasteiger partial charge in [-0.25, -0.2) is 9.97 Å². The van der Waals surface area contributed by atoms with Crippen LogP contribution in [0.25, 0.3) is 0 Å². The molecular weight excluding hydrogens is 415 g/mol. The lowest BCUT2D eigenvalue weighted by Gasteiger charge is -2.22. The molecule has 0 spiro atoms. The molecular formula is C24H20F3N5. The van der Waals surface area contributed by atoms with Crippen LogP contribution in [0.1, 0.15) is 22.7 Å². The molecule has 4 N–H and O–H groups in total. The summed E-state index contributed by atoms with van der Waals surface area (Å²) in [6.07, 6.45) is -3.14. The van der Waals surface area contributed by atoms with Crippen molar-refractivity contribution in [1.29, 1.82) is 0 Å². The lowest BCUT2D eigenvalue weighted by atomic mass is 9.99. The van der Waals surface area contributed by atoms with Gasteiger partial charge < -0.3 is 16.4 Å². The SMILES string of the molecule is Nc1c(Nc2cccc(C(F)(F)F)c2)ncnc1NC(c1ccccc1)c1ccccc1. The highest BCUT2D eigenvalue weighted by Crippen LogP contribution is 2.34. The summed E-state index contributed by atoms with van der Waals surface area (Å²) in [4.78, 5) is 8.37. The van der Waals surface area contributed by atoms with E-state index in [1.165, 1.54) is 18.5 Å². The molecule has 0 aliphatic carbocycles. The summed E-state index contributed by atoms with van der Waals surface area (Å²) in [5.41, 5.74) is 7.95. The summed E-state index contributed by atoms with van der Waals surface area (Å²) in [7, 11) is 0. The maximum absolute atomic E-state index is 13.0. The number of nitrogens with zero attached hydrogens (tertiary/aromatic N) is 2. The van der Waals surface area contributed by atoms with Crippen LogP contribution in [0.4, 0.5) is 36.2 Å². The largest absolute Gasteiger partial charge is 0.416 e. The Hall–Kier alpha value is -4.07. The van der Waals surface area contributed by atoms with Crippen LogP contribution in [0.5, 0.6) is 0 Å². The van der Waals surface area contributed by atoms with Crippen molar-refractivity contribution < 1.29 is 13.2 Å². The zero-order chi connectivity index (χ0) is 22.6. The molecule has 0 saturated heterocycles. The number of alkyl halides is 3. The second-order valence-electron chi connectivity index (χ2n) is 7.09. The molecule has 4 rings (SSSR count). The van der Waals surface area contributed by atoms with Crippen LogP contribution in [0.2, 0.25) is 0 Å². The maximum Gasteiger partial charge on any atom is 0.416 e. The van der Waals surface area contributed by atoms with Crippen molar-refractivity contribution >= 4 is 23.0 Å². The molecule has 0 amide bonds. The van der Waals surface area contributed by atoms with Crippen LogP contribution >= 0.6 is 0 Å². The van der Waals surface area contributed by atoms with Gasteiger partial charge in [-0.2, -0.15) is 13.2 Å². The first-order valence-corrected chi connectivity index (χ1v) is 9.83. The van der Waals surface area contributed by atoms with E-state index >= 15 is 0 Å². The molecule has 3 aromatic carbocycles. The highest BCUT2D eigenvalue weighted by molar-refractivity contribution is 5.78. The van der Waals surface area contributed by atoms with Gasteiger partial charge in [-0.1, -0.05) is 66.7 Å². The van der Waals surface area contributed by atoms with Crippen molar-refractivity contribution in [3.8, 4) is 0 Å². The van der Waals surface area contributed by atoms with Crippen molar-refractivity contribution in [3.63, 3.8) is 0 Å². The van der Waals surface area contributed by atoms with Gasteiger partial charge in [0.2, 0.25) is 0 Å². The van der Waals surface area contributed by atoms with Crippen LogP contribution < -0.4 is 16.4 Å². The van der Waals surface area contributed by atoms with E-state index in [-0.39, 0.29) is 23.2 Å². The second-order valence-corrected chi connectivity index (χ2v) is 7.09. The molecule has 32 heavy (non-hydrogen) atoms. The van der Waals surface area contributed by atoms with Crippen LogP contribution in [0.3, 0.4) is 0 Å². The summed E-state index contributed by atoms with van der Waals surface area (Å²) in [6.45, 7) is 0. The van der Waals surface area contributed by atoms with Crippen LogP contribution in [-0.2, 0) is 6.18 Å². The minimum absolute atomic E-state index is 0.196. The Bertz CT molecular complexity index is 1140. The van der Waals surface area contributed by atoms with Crippen LogP contribution in [-0.4, -0.2) is 9.97 Å². The fraction of sp³-hybridized carbons (Fsp3) is 0.0833. The lowest BCUT2D eigenvalue weighted by Crippen LogP contribution is -2.15. The molecule has 0 fully saturated rings. The molecule has 162 valence electrons. The van der Waals surface area contributed by atoms with E-state index in [1.54, 1.807) is 0 Å². The van der Waals surface area contributed by atoms with Gasteiger partial charge in [-0.15, -0.1) is 0 Å². The number of anilines is 4. The first kappa shape index (κ1) is 21.2. The Balaban J connectivity index is 1.64. The van der Waals surface area contributed by atoms with Crippen molar-refractivity contribution in [2.45, 2.75) is 12.2 Å². The molecule has 1 aromatic heterocycles. The average molecular weight is 435 g/mol. The summed E-state index contributed by atoms with van der Waals surface area (Å²) in [5, 5.41) is 6.21. The maximum atomic E-state index is 13.0. The van der Waals surface area contributed by atoms with Gasteiger partial charge in [-0.05, 0) is 29.3 Å². The molecule has 0 bridgehead atoms. The predicted octanol–water partition coefficient (Wildman–Crippen LogP) is 6.02. The fourth-order valence-corrected chi connectivity index (χ4v) is 3.31. The van der Waals surface area contributed by atoms with Crippen LogP contribution in [0.15, 0.2) is 91.3 Å². The highest BCUT2D eigenvalue weighted by atomic mass is 19.4. The number of aromatic nitrogens is 2. The molecule has 0 aliphatic heterocycles. The second kappa shape index (κ2) is 8.97. The lowest BCUT2D eigenvalue weighted by molar-refractivity contribution is -0.137. The Kier molecular flexibility index (Phi) is 5.93. The highest BCUT2D eigenvalue weighted by Gasteiger charge is 2.30. The molecule has 0 radical (unpaired) electrons. The summed E-state index contributed by atoms with van der Waals surface area (Å²) < 4.78 is 39.1. The number of hydrogen-bond donors (Lipinski definition) is 3. The number of hydrogen-bond acceptors (Lipinski definition) is 5. The topological polar surface area (TPSA) is 75.9 Å². The van der Waals surface area contributed by atoms with Crippen LogP contribution in [0, 0.1) is 0 Å². The van der Waals surface area contributed by atoms with Gasteiger partial charge in [0, 0.05) is 5.69 Å². The number of nitrogens with two attached hydrogens (primary N) is 1. The molecule has 8 heteroatoms. The normalized spacial score (nSPS) is 11.4. The Morgan fingerprint density at radius 2 is 1.34 bits per heavy atom. The first-order chi connectivity index (χ1) is 15.4. The minimum Gasteiger partial charge on any atom is -0.393 e. The molecule has 5 nitrogen and oxygen atoms in total. The molecule has 0 saturated carbocycles. The molecule has 4 aromatic rings. The quantitative estimate of drug-likeness (QED) is 0.345. The smallest absolute Gasteiger partial charge is 0.393 e. The van der Waals surface area contributed by atoms with E-state index in [4.69, 9.17) is 5.73 Å². The van der Waals surface area contributed by atoms with Gasteiger partial charge in [-0.3, -0.25) is 0 Å². The summed E-state index contributed by atoms with van der Waals surface area (Å²) in [6, 6.07) is 24.2. The molecule has 0 unspecified atom stereocenters. The van der Waals surface area contributed by atoms with Gasteiger partial charge >= 0.3 is 6.18 Å². The summed E-state index contributed by atoms with van der Waals surface area (Å²) in [5.74, 6) is 0.578. The number of nitrogen functional groups attached to an aromatic ring is 1. The number of benzene rings is 3. The summed E-state index contributed by atoms with van der Waals surface area (Å²) >= 11 is 0. The van der Waals surface area contributed by atoms with Gasteiger partial charge in [0.05, 0.1) is 11.6 Å². The van der Waals surface area contributed by atoms with Gasteiger partial charge in [0.15, 0.2) is 11.6 Å². The standard InChI is InChI=1S/C24H20F3N5/c25-24(26,27)18-12-7-13-19(14-18)31-22-20(28)23(30-15-29-22)32-21(16-8-3-1-4-9-16)17-10-5-2-6-11-17/h1-15,21H,28H2,(H2,29,30,31,32). The molecule has 0 atom stereocenters. The number of halogens is 3. The Morgan fingerprint density at radius 1 is 0.750 bits per heavy atom. The van der Waals surface area contributed by atoms with Crippen molar-refractivity contribution in [3.05, 3.63) is 108 Å².